The zero-order chi connectivity index (χ0) is 15.4. The summed E-state index contributed by atoms with van der Waals surface area (Å²) in [6.07, 6.45) is 1.92. The van der Waals surface area contributed by atoms with Crippen molar-refractivity contribution in [2.45, 2.75) is 32.2 Å². The molecule has 1 aliphatic rings. The standard InChI is InChI=1S/C15H20N2O4/c1-2-14(20)17-5-3-11(4-6-17)16-15(21)10-7-12(18)9-13(19)8-10/h7-9,11,18-19H,2-6H2,1H3,(H,16,21). The van der Waals surface area contributed by atoms with Crippen LogP contribution >= 0.6 is 0 Å². The van der Waals surface area contributed by atoms with Crippen LogP contribution in [-0.4, -0.2) is 46.1 Å². The molecule has 1 aromatic rings. The average Bonchev–Trinajstić information content (AvgIpc) is 2.46. The van der Waals surface area contributed by atoms with E-state index in [2.05, 4.69) is 5.32 Å². The van der Waals surface area contributed by atoms with Crippen LogP contribution in [0.2, 0.25) is 0 Å². The molecule has 1 aromatic carbocycles. The van der Waals surface area contributed by atoms with Gasteiger partial charge in [0.2, 0.25) is 5.91 Å². The predicted octanol–water partition coefficient (Wildman–Crippen LogP) is 1.23. The van der Waals surface area contributed by atoms with Gasteiger partial charge in [-0.2, -0.15) is 0 Å². The Hall–Kier alpha value is -2.24. The second kappa shape index (κ2) is 6.47. The first kappa shape index (κ1) is 15.2. The molecule has 0 unspecified atom stereocenters. The Kier molecular flexibility index (Phi) is 4.67. The maximum atomic E-state index is 12.1. The van der Waals surface area contributed by atoms with Crippen LogP contribution in [0, 0.1) is 0 Å². The number of carbonyl (C=O) groups excluding carboxylic acids is 2. The molecule has 1 aliphatic heterocycles. The fourth-order valence-electron chi connectivity index (χ4n) is 2.49. The molecule has 0 radical (unpaired) electrons. The molecule has 0 aromatic heterocycles. The minimum Gasteiger partial charge on any atom is -0.508 e. The third kappa shape index (κ3) is 3.87. The quantitative estimate of drug-likeness (QED) is 0.781. The molecule has 0 saturated carbocycles. The second-order valence-electron chi connectivity index (χ2n) is 5.22. The number of hydrogen-bond acceptors (Lipinski definition) is 4. The van der Waals surface area contributed by atoms with E-state index in [1.54, 1.807) is 0 Å². The molecule has 0 atom stereocenters. The lowest BCUT2D eigenvalue weighted by atomic mass is 10.0. The minimum absolute atomic E-state index is 0.00268. The van der Waals surface area contributed by atoms with Gasteiger partial charge in [-0.05, 0) is 25.0 Å². The number of hydrogen-bond donors (Lipinski definition) is 3. The lowest BCUT2D eigenvalue weighted by Gasteiger charge is -2.32. The summed E-state index contributed by atoms with van der Waals surface area (Å²) >= 11 is 0. The molecule has 3 N–H and O–H groups in total. The number of likely N-dealkylation sites (tertiary alicyclic amines) is 1. The number of piperidine rings is 1. The summed E-state index contributed by atoms with van der Waals surface area (Å²) < 4.78 is 0. The van der Waals surface area contributed by atoms with E-state index in [4.69, 9.17) is 0 Å². The van der Waals surface area contributed by atoms with Crippen molar-refractivity contribution in [3.05, 3.63) is 23.8 Å². The summed E-state index contributed by atoms with van der Waals surface area (Å²) in [6, 6.07) is 3.80. The number of amides is 2. The molecule has 1 fully saturated rings. The van der Waals surface area contributed by atoms with Crippen LogP contribution < -0.4 is 5.32 Å². The number of phenolic OH excluding ortho intramolecular Hbond substituents is 2. The summed E-state index contributed by atoms with van der Waals surface area (Å²) in [6.45, 7) is 3.12. The van der Waals surface area contributed by atoms with Crippen LogP contribution in [0.1, 0.15) is 36.5 Å². The molecule has 6 nitrogen and oxygen atoms in total. The Labute approximate surface area is 123 Å². The lowest BCUT2D eigenvalue weighted by Crippen LogP contribution is -2.46. The molecule has 21 heavy (non-hydrogen) atoms. The van der Waals surface area contributed by atoms with Crippen LogP contribution in [0.25, 0.3) is 0 Å². The van der Waals surface area contributed by atoms with E-state index in [0.29, 0.717) is 32.4 Å². The molecule has 1 heterocycles. The maximum Gasteiger partial charge on any atom is 0.251 e. The highest BCUT2D eigenvalue weighted by molar-refractivity contribution is 5.95. The number of nitrogens with zero attached hydrogens (tertiary/aromatic N) is 1. The Bertz CT molecular complexity index is 516. The Morgan fingerprint density at radius 3 is 2.29 bits per heavy atom. The summed E-state index contributed by atoms with van der Waals surface area (Å²) in [5, 5.41) is 21.6. The van der Waals surface area contributed by atoms with Crippen molar-refractivity contribution in [1.29, 1.82) is 0 Å². The molecule has 0 bridgehead atoms. The maximum absolute atomic E-state index is 12.1. The van der Waals surface area contributed by atoms with Crippen molar-refractivity contribution < 1.29 is 19.8 Å². The number of nitrogens with one attached hydrogen (secondary N) is 1. The van der Waals surface area contributed by atoms with Gasteiger partial charge in [0.05, 0.1) is 0 Å². The zero-order valence-corrected chi connectivity index (χ0v) is 12.0. The van der Waals surface area contributed by atoms with Gasteiger partial charge < -0.3 is 20.4 Å². The molecular formula is C15H20N2O4. The highest BCUT2D eigenvalue weighted by Crippen LogP contribution is 2.21. The van der Waals surface area contributed by atoms with Gasteiger partial charge in [0.15, 0.2) is 0 Å². The third-order valence-corrected chi connectivity index (χ3v) is 3.65. The summed E-state index contributed by atoms with van der Waals surface area (Å²) in [4.78, 5) is 25.5. The van der Waals surface area contributed by atoms with Crippen molar-refractivity contribution in [2.75, 3.05) is 13.1 Å². The van der Waals surface area contributed by atoms with Crippen LogP contribution in [0.15, 0.2) is 18.2 Å². The van der Waals surface area contributed by atoms with E-state index >= 15 is 0 Å². The van der Waals surface area contributed by atoms with Gasteiger partial charge >= 0.3 is 0 Å². The molecule has 0 spiro atoms. The van der Waals surface area contributed by atoms with E-state index in [-0.39, 0.29) is 34.9 Å². The van der Waals surface area contributed by atoms with Gasteiger partial charge in [0, 0.05) is 37.2 Å². The SMILES string of the molecule is CCC(=O)N1CCC(NC(=O)c2cc(O)cc(O)c2)CC1. The van der Waals surface area contributed by atoms with Crippen molar-refractivity contribution in [2.24, 2.45) is 0 Å². The normalized spacial score (nSPS) is 15.8. The number of phenols is 2. The van der Waals surface area contributed by atoms with Gasteiger partial charge in [-0.1, -0.05) is 6.92 Å². The lowest BCUT2D eigenvalue weighted by molar-refractivity contribution is -0.131. The minimum atomic E-state index is -0.332. The van der Waals surface area contributed by atoms with Crippen molar-refractivity contribution in [3.63, 3.8) is 0 Å². The monoisotopic (exact) mass is 292 g/mol. The Balaban J connectivity index is 1.91. The largest absolute Gasteiger partial charge is 0.508 e. The molecule has 2 rings (SSSR count). The van der Waals surface area contributed by atoms with Gasteiger partial charge in [0.25, 0.3) is 5.91 Å². The second-order valence-corrected chi connectivity index (χ2v) is 5.22. The molecule has 114 valence electrons. The molecule has 2 amide bonds. The van der Waals surface area contributed by atoms with Crippen LogP contribution in [-0.2, 0) is 4.79 Å². The first-order valence-corrected chi connectivity index (χ1v) is 7.11. The zero-order valence-electron chi connectivity index (χ0n) is 12.0. The molecular weight excluding hydrogens is 272 g/mol. The first-order chi connectivity index (χ1) is 9.99. The van der Waals surface area contributed by atoms with Gasteiger partial charge in [0.1, 0.15) is 11.5 Å². The Morgan fingerprint density at radius 1 is 1.19 bits per heavy atom. The first-order valence-electron chi connectivity index (χ1n) is 7.11. The number of rotatable bonds is 3. The summed E-state index contributed by atoms with van der Waals surface area (Å²) in [5.74, 6) is -0.494. The highest BCUT2D eigenvalue weighted by Gasteiger charge is 2.23. The van der Waals surface area contributed by atoms with Gasteiger partial charge in [-0.3, -0.25) is 9.59 Å². The van der Waals surface area contributed by atoms with E-state index < -0.39 is 0 Å². The molecule has 6 heteroatoms. The predicted molar refractivity (Wildman–Crippen MR) is 77.1 cm³/mol. The summed E-state index contributed by atoms with van der Waals surface area (Å²) in [5.41, 5.74) is 0.222. The average molecular weight is 292 g/mol. The van der Waals surface area contributed by atoms with Crippen LogP contribution in [0.5, 0.6) is 11.5 Å². The number of aromatic hydroxyl groups is 2. The van der Waals surface area contributed by atoms with Crippen LogP contribution in [0.3, 0.4) is 0 Å². The topological polar surface area (TPSA) is 89.9 Å². The molecule has 1 saturated heterocycles. The Morgan fingerprint density at radius 2 is 1.76 bits per heavy atom. The van der Waals surface area contributed by atoms with E-state index in [1.807, 2.05) is 11.8 Å². The van der Waals surface area contributed by atoms with Gasteiger partial charge in [-0.25, -0.2) is 0 Å². The smallest absolute Gasteiger partial charge is 0.251 e. The van der Waals surface area contributed by atoms with Crippen molar-refractivity contribution >= 4 is 11.8 Å². The van der Waals surface area contributed by atoms with E-state index in [0.717, 1.165) is 0 Å². The number of carbonyl (C=O) groups is 2. The van der Waals surface area contributed by atoms with Gasteiger partial charge in [-0.15, -0.1) is 0 Å². The van der Waals surface area contributed by atoms with Crippen LogP contribution in [0.4, 0.5) is 0 Å². The summed E-state index contributed by atoms with van der Waals surface area (Å²) in [7, 11) is 0. The van der Waals surface area contributed by atoms with E-state index in [9.17, 15) is 19.8 Å². The van der Waals surface area contributed by atoms with E-state index in [1.165, 1.54) is 18.2 Å². The molecule has 0 aliphatic carbocycles. The fraction of sp³-hybridized carbons (Fsp3) is 0.467. The van der Waals surface area contributed by atoms with Crippen molar-refractivity contribution in [1.82, 2.24) is 10.2 Å². The third-order valence-electron chi connectivity index (χ3n) is 3.65. The highest BCUT2D eigenvalue weighted by atomic mass is 16.3. The fourth-order valence-corrected chi connectivity index (χ4v) is 2.49. The van der Waals surface area contributed by atoms with Crippen molar-refractivity contribution in [3.8, 4) is 11.5 Å². The number of benzene rings is 1.